The number of carbonyl (C=O) groups excluding carboxylic acids is 1. The van der Waals surface area contributed by atoms with Crippen molar-refractivity contribution < 1.29 is 9.21 Å². The van der Waals surface area contributed by atoms with Gasteiger partial charge in [-0.25, -0.2) is 9.67 Å². The zero-order chi connectivity index (χ0) is 23.1. The smallest absolute Gasteiger partial charge is 0.253 e. The molecule has 6 aromatic rings. The number of rotatable bonds is 5. The monoisotopic (exact) mass is 450 g/mol. The van der Waals surface area contributed by atoms with Crippen LogP contribution >= 0.6 is 0 Å². The van der Waals surface area contributed by atoms with E-state index in [1.165, 1.54) is 4.52 Å². The summed E-state index contributed by atoms with van der Waals surface area (Å²) in [6.07, 6.45) is 3.16. The summed E-state index contributed by atoms with van der Waals surface area (Å²) in [5.41, 5.74) is 8.55. The zero-order valence-corrected chi connectivity index (χ0v) is 17.7. The molecule has 0 aliphatic carbocycles. The molecule has 34 heavy (non-hydrogen) atoms. The van der Waals surface area contributed by atoms with Gasteiger partial charge in [-0.2, -0.15) is 14.6 Å². The number of fused-ring (bicyclic) bond motifs is 3. The topological polar surface area (TPSA) is 129 Å². The lowest BCUT2D eigenvalue weighted by Gasteiger charge is -2.18. The molecule has 166 valence electrons. The first-order chi connectivity index (χ1) is 16.7. The van der Waals surface area contributed by atoms with E-state index >= 15 is 0 Å². The van der Waals surface area contributed by atoms with Gasteiger partial charge < -0.3 is 15.5 Å². The van der Waals surface area contributed by atoms with Gasteiger partial charge in [-0.15, -0.1) is 5.10 Å². The number of hydrogen-bond acceptors (Lipinski definition) is 7. The Hall–Kier alpha value is -4.99. The lowest BCUT2D eigenvalue weighted by atomic mass is 10.1. The molecule has 2 aromatic carbocycles. The summed E-state index contributed by atoms with van der Waals surface area (Å²) >= 11 is 0. The first kappa shape index (κ1) is 19.7. The first-order valence-electron chi connectivity index (χ1n) is 10.5. The van der Waals surface area contributed by atoms with Gasteiger partial charge in [-0.3, -0.25) is 4.79 Å². The predicted octanol–water partition coefficient (Wildman–Crippen LogP) is 3.54. The molecule has 0 saturated heterocycles. The molecule has 0 aliphatic rings. The standard InChI is InChI=1S/C24H18N8O2/c25-24-29-22-17(21-28-20(30-32(21)24)18-12-7-13-34-18)14-26-31(22)19(15-8-3-1-4-9-15)23(33)27-16-10-5-2-6-11-16/h1-14,19H,(H2,25,29)(H,27,33). The van der Waals surface area contributed by atoms with Crippen molar-refractivity contribution in [2.75, 3.05) is 11.1 Å². The largest absolute Gasteiger partial charge is 0.461 e. The molecule has 0 radical (unpaired) electrons. The third-order valence-corrected chi connectivity index (χ3v) is 5.45. The molecular formula is C24H18N8O2. The molecule has 10 heteroatoms. The van der Waals surface area contributed by atoms with Crippen LogP contribution in [0.25, 0.3) is 28.3 Å². The summed E-state index contributed by atoms with van der Waals surface area (Å²) in [4.78, 5) is 22.6. The van der Waals surface area contributed by atoms with Crippen LogP contribution in [-0.4, -0.2) is 35.3 Å². The van der Waals surface area contributed by atoms with Crippen LogP contribution in [0, 0.1) is 0 Å². The zero-order valence-electron chi connectivity index (χ0n) is 17.7. The Labute approximate surface area is 192 Å². The fourth-order valence-electron chi connectivity index (χ4n) is 3.90. The summed E-state index contributed by atoms with van der Waals surface area (Å²) in [6.45, 7) is 0. The molecule has 4 heterocycles. The van der Waals surface area contributed by atoms with Crippen molar-refractivity contribution in [2.45, 2.75) is 6.04 Å². The normalized spacial score (nSPS) is 12.2. The highest BCUT2D eigenvalue weighted by molar-refractivity contribution is 5.98. The van der Waals surface area contributed by atoms with Gasteiger partial charge in [0, 0.05) is 5.69 Å². The minimum Gasteiger partial charge on any atom is -0.461 e. The van der Waals surface area contributed by atoms with E-state index in [1.54, 1.807) is 29.3 Å². The van der Waals surface area contributed by atoms with E-state index in [9.17, 15) is 4.79 Å². The van der Waals surface area contributed by atoms with Gasteiger partial charge in [0.1, 0.15) is 0 Å². The molecule has 1 atom stereocenters. The molecule has 1 unspecified atom stereocenters. The number of nitrogen functional groups attached to an aromatic ring is 1. The van der Waals surface area contributed by atoms with Crippen LogP contribution < -0.4 is 11.1 Å². The van der Waals surface area contributed by atoms with Crippen LogP contribution in [0.1, 0.15) is 11.6 Å². The minimum atomic E-state index is -0.791. The summed E-state index contributed by atoms with van der Waals surface area (Å²) in [6, 6.07) is 21.4. The molecule has 4 aromatic heterocycles. The summed E-state index contributed by atoms with van der Waals surface area (Å²) in [5, 5.41) is 12.5. The maximum Gasteiger partial charge on any atom is 0.253 e. The molecule has 0 saturated carbocycles. The Morgan fingerprint density at radius 3 is 2.44 bits per heavy atom. The van der Waals surface area contributed by atoms with Gasteiger partial charge in [0.2, 0.25) is 11.8 Å². The molecule has 10 nitrogen and oxygen atoms in total. The van der Waals surface area contributed by atoms with Gasteiger partial charge in [0.05, 0.1) is 17.8 Å². The van der Waals surface area contributed by atoms with Crippen molar-refractivity contribution in [3.05, 3.63) is 90.8 Å². The van der Waals surface area contributed by atoms with Crippen LogP contribution in [-0.2, 0) is 4.79 Å². The van der Waals surface area contributed by atoms with Gasteiger partial charge in [-0.1, -0.05) is 48.5 Å². The number of hydrogen-bond donors (Lipinski definition) is 2. The SMILES string of the molecule is Nc1nc2c(cnn2C(C(=O)Nc2ccccc2)c2ccccc2)c2nc(-c3ccco3)nn12. The first-order valence-corrected chi connectivity index (χ1v) is 10.5. The predicted molar refractivity (Wildman–Crippen MR) is 126 cm³/mol. The maximum atomic E-state index is 13.5. The van der Waals surface area contributed by atoms with E-state index in [0.717, 1.165) is 5.56 Å². The van der Waals surface area contributed by atoms with Crippen LogP contribution in [0.4, 0.5) is 11.6 Å². The number of carbonyl (C=O) groups is 1. The van der Waals surface area contributed by atoms with E-state index in [1.807, 2.05) is 60.7 Å². The lowest BCUT2D eigenvalue weighted by molar-refractivity contribution is -0.118. The van der Waals surface area contributed by atoms with Crippen LogP contribution in [0.5, 0.6) is 0 Å². The summed E-state index contributed by atoms with van der Waals surface area (Å²) in [7, 11) is 0. The third-order valence-electron chi connectivity index (χ3n) is 5.45. The van der Waals surface area contributed by atoms with Crippen molar-refractivity contribution in [2.24, 2.45) is 0 Å². The highest BCUT2D eigenvalue weighted by Crippen LogP contribution is 2.28. The molecule has 1 amide bonds. The van der Waals surface area contributed by atoms with Crippen molar-refractivity contribution in [3.63, 3.8) is 0 Å². The number of aromatic nitrogens is 6. The summed E-state index contributed by atoms with van der Waals surface area (Å²) < 4.78 is 8.41. The fraction of sp³-hybridized carbons (Fsp3) is 0.0417. The number of anilines is 2. The van der Waals surface area contributed by atoms with E-state index in [-0.39, 0.29) is 11.9 Å². The Balaban J connectivity index is 1.51. The number of nitrogens with two attached hydrogens (primary N) is 1. The van der Waals surface area contributed by atoms with Crippen molar-refractivity contribution in [1.82, 2.24) is 29.4 Å². The Kier molecular flexibility index (Phi) is 4.54. The molecule has 0 fully saturated rings. The number of furan rings is 1. The second kappa shape index (κ2) is 7.85. The molecule has 6 rings (SSSR count). The number of amides is 1. The molecular weight excluding hydrogens is 432 g/mol. The van der Waals surface area contributed by atoms with E-state index in [0.29, 0.717) is 34.0 Å². The Morgan fingerprint density at radius 2 is 1.71 bits per heavy atom. The van der Waals surface area contributed by atoms with Crippen LogP contribution in [0.15, 0.2) is 89.7 Å². The minimum absolute atomic E-state index is 0.116. The van der Waals surface area contributed by atoms with Gasteiger partial charge >= 0.3 is 0 Å². The highest BCUT2D eigenvalue weighted by Gasteiger charge is 2.27. The van der Waals surface area contributed by atoms with Crippen molar-refractivity contribution >= 4 is 34.2 Å². The maximum absolute atomic E-state index is 13.5. The lowest BCUT2D eigenvalue weighted by Crippen LogP contribution is -2.28. The fourth-order valence-corrected chi connectivity index (χ4v) is 3.90. The number of nitrogens with zero attached hydrogens (tertiary/aromatic N) is 6. The van der Waals surface area contributed by atoms with E-state index in [4.69, 9.17) is 10.2 Å². The van der Waals surface area contributed by atoms with E-state index in [2.05, 4.69) is 25.5 Å². The third kappa shape index (κ3) is 3.25. The number of nitrogens with one attached hydrogen (secondary N) is 1. The van der Waals surface area contributed by atoms with Gasteiger partial charge in [-0.05, 0) is 29.8 Å². The Morgan fingerprint density at radius 1 is 0.941 bits per heavy atom. The number of para-hydroxylation sites is 1. The van der Waals surface area contributed by atoms with Crippen LogP contribution in [0.3, 0.4) is 0 Å². The van der Waals surface area contributed by atoms with Gasteiger partial charge in [0.15, 0.2) is 23.1 Å². The average molecular weight is 450 g/mol. The Bertz CT molecular complexity index is 1610. The average Bonchev–Trinajstić information content (AvgIpc) is 3.61. The molecule has 0 spiro atoms. The number of benzene rings is 2. The second-order valence-electron chi connectivity index (χ2n) is 7.61. The second-order valence-corrected chi connectivity index (χ2v) is 7.61. The molecule has 3 N–H and O–H groups in total. The molecule has 0 bridgehead atoms. The quantitative estimate of drug-likeness (QED) is 0.411. The van der Waals surface area contributed by atoms with E-state index < -0.39 is 6.04 Å². The highest BCUT2D eigenvalue weighted by atomic mass is 16.3. The summed E-state index contributed by atoms with van der Waals surface area (Å²) in [5.74, 6) is 0.735. The van der Waals surface area contributed by atoms with Gasteiger partial charge in [0.25, 0.3) is 5.91 Å². The van der Waals surface area contributed by atoms with Crippen molar-refractivity contribution in [1.29, 1.82) is 0 Å². The van der Waals surface area contributed by atoms with Crippen LogP contribution in [0.2, 0.25) is 0 Å². The van der Waals surface area contributed by atoms with Crippen molar-refractivity contribution in [3.8, 4) is 11.6 Å². The molecule has 0 aliphatic heterocycles.